The first-order valence-electron chi connectivity index (χ1n) is 24.2. The number of benzene rings is 10. The normalized spacial score (nSPS) is 12.0. The summed E-state index contributed by atoms with van der Waals surface area (Å²) < 4.78 is 104. The van der Waals surface area contributed by atoms with Crippen molar-refractivity contribution in [2.75, 3.05) is 7.11 Å². The molecule has 10 aromatic carbocycles. The predicted molar refractivity (Wildman–Crippen MR) is 297 cm³/mol. The van der Waals surface area contributed by atoms with Gasteiger partial charge in [-0.1, -0.05) is 103 Å². The maximum Gasteiger partial charge on any atom is 0.206 e. The van der Waals surface area contributed by atoms with Gasteiger partial charge < -0.3 is 18.9 Å². The molecule has 0 fully saturated rings. The second-order valence-electron chi connectivity index (χ2n) is 17.7. The SMILES string of the molecule is COc1ccc(/C(=C(/c2ccccc2)c2ccc(Oc3ccc(S(=O)(=O)c4ccc(Oc5ccc(S(=O)(=O)c6ccc(Oc7ccc(S(=O)(=O)c8ccc(C)cc8)cc7)cc6)cc5)cc4)cc3)cc2)c2ccccc2)cc1. The molecule has 10 aromatic rings. The molecule has 13 heteroatoms. The lowest BCUT2D eigenvalue weighted by Gasteiger charge is -2.18. The van der Waals surface area contributed by atoms with Crippen molar-refractivity contribution in [2.45, 2.75) is 36.3 Å². The van der Waals surface area contributed by atoms with Gasteiger partial charge in [0.25, 0.3) is 0 Å². The van der Waals surface area contributed by atoms with Crippen LogP contribution in [0.25, 0.3) is 11.1 Å². The molecule has 0 spiro atoms. The van der Waals surface area contributed by atoms with Crippen LogP contribution >= 0.6 is 0 Å². The fraction of sp³-hybridized carbons (Fsp3) is 0.0312. The van der Waals surface area contributed by atoms with E-state index >= 15 is 0 Å². The molecule has 0 unspecified atom stereocenters. The Kier molecular flexibility index (Phi) is 14.7. The van der Waals surface area contributed by atoms with E-state index in [-0.39, 0.29) is 29.4 Å². The van der Waals surface area contributed by atoms with Gasteiger partial charge in [-0.05, 0) is 198 Å². The Morgan fingerprint density at radius 3 is 0.714 bits per heavy atom. The summed E-state index contributed by atoms with van der Waals surface area (Å²) in [5, 5.41) is 0. The molecule has 0 N–H and O–H groups in total. The highest BCUT2D eigenvalue weighted by molar-refractivity contribution is 7.92. The fourth-order valence-electron chi connectivity index (χ4n) is 8.54. The van der Waals surface area contributed by atoms with Crippen LogP contribution in [0.15, 0.2) is 284 Å². The second kappa shape index (κ2) is 22.1. The first-order valence-corrected chi connectivity index (χ1v) is 28.7. The Hall–Kier alpha value is -9.01. The Labute approximate surface area is 448 Å². The van der Waals surface area contributed by atoms with E-state index in [9.17, 15) is 25.3 Å². The molecule has 0 heterocycles. The zero-order valence-electron chi connectivity index (χ0n) is 41.6. The van der Waals surface area contributed by atoms with Gasteiger partial charge in [-0.3, -0.25) is 0 Å². The number of aryl methyl sites for hydroxylation is 1. The molecule has 10 rings (SSSR count). The molecule has 0 amide bonds. The maximum atomic E-state index is 13.7. The molecule has 77 heavy (non-hydrogen) atoms. The molecule has 0 saturated heterocycles. The van der Waals surface area contributed by atoms with E-state index in [1.54, 1.807) is 43.5 Å². The number of hydrogen-bond acceptors (Lipinski definition) is 10. The zero-order chi connectivity index (χ0) is 53.6. The van der Waals surface area contributed by atoms with Gasteiger partial charge in [-0.2, -0.15) is 0 Å². The second-order valence-corrected chi connectivity index (χ2v) is 23.6. The van der Waals surface area contributed by atoms with E-state index < -0.39 is 29.5 Å². The number of ether oxygens (including phenoxy) is 4. The van der Waals surface area contributed by atoms with Crippen molar-refractivity contribution < 1.29 is 44.2 Å². The Balaban J connectivity index is 0.769. The van der Waals surface area contributed by atoms with Crippen LogP contribution in [0.4, 0.5) is 0 Å². The minimum Gasteiger partial charge on any atom is -0.497 e. The van der Waals surface area contributed by atoms with Crippen LogP contribution in [0.5, 0.6) is 40.2 Å². The van der Waals surface area contributed by atoms with Crippen molar-refractivity contribution >= 4 is 40.7 Å². The summed E-state index contributed by atoms with van der Waals surface area (Å²) in [5.41, 5.74) is 7.16. The Morgan fingerprint density at radius 2 is 0.468 bits per heavy atom. The summed E-state index contributed by atoms with van der Waals surface area (Å²) in [6.45, 7) is 1.88. The number of methoxy groups -OCH3 is 1. The van der Waals surface area contributed by atoms with E-state index in [1.807, 2.05) is 79.7 Å². The van der Waals surface area contributed by atoms with Gasteiger partial charge in [0.1, 0.15) is 40.2 Å². The van der Waals surface area contributed by atoms with Gasteiger partial charge in [0.05, 0.1) is 36.5 Å². The molecule has 0 aliphatic carbocycles. The summed E-state index contributed by atoms with van der Waals surface area (Å²) in [7, 11) is -9.90. The molecule has 0 aromatic heterocycles. The lowest BCUT2D eigenvalue weighted by atomic mass is 9.86. The van der Waals surface area contributed by atoms with Crippen molar-refractivity contribution in [1.29, 1.82) is 0 Å². The molecule has 0 saturated carbocycles. The average molecular weight is 1070 g/mol. The predicted octanol–water partition coefficient (Wildman–Crippen LogP) is 14.9. The number of sulfone groups is 3. The van der Waals surface area contributed by atoms with Crippen molar-refractivity contribution in [3.05, 3.63) is 283 Å². The van der Waals surface area contributed by atoms with Gasteiger partial charge in [-0.15, -0.1) is 0 Å². The van der Waals surface area contributed by atoms with E-state index in [0.717, 1.165) is 44.7 Å². The summed E-state index contributed by atoms with van der Waals surface area (Å²) in [6.07, 6.45) is 0. The van der Waals surface area contributed by atoms with E-state index in [4.69, 9.17) is 18.9 Å². The molecule has 0 radical (unpaired) electrons. The Bertz CT molecular complexity index is 4040. The number of hydrogen-bond donors (Lipinski definition) is 0. The summed E-state index contributed by atoms with van der Waals surface area (Å²) in [6, 6.07) is 73.0. The zero-order valence-corrected chi connectivity index (χ0v) is 44.0. The van der Waals surface area contributed by atoms with Crippen LogP contribution in [-0.4, -0.2) is 32.4 Å². The van der Waals surface area contributed by atoms with Crippen LogP contribution in [0.2, 0.25) is 0 Å². The van der Waals surface area contributed by atoms with Crippen LogP contribution in [0.1, 0.15) is 27.8 Å². The van der Waals surface area contributed by atoms with Crippen molar-refractivity contribution in [3.63, 3.8) is 0 Å². The van der Waals surface area contributed by atoms with Gasteiger partial charge >= 0.3 is 0 Å². The lowest BCUT2D eigenvalue weighted by molar-refractivity contribution is 0.415. The summed E-state index contributed by atoms with van der Waals surface area (Å²) in [4.78, 5) is 0.512. The maximum absolute atomic E-state index is 13.7. The highest BCUT2D eigenvalue weighted by Gasteiger charge is 2.22. The molecule has 0 aliphatic rings. The standard InChI is InChI=1S/C64H48O10S3/c1-45-13-33-57(34-14-45)75(65,66)58-35-25-53(26-36-58)73-54-27-41-61(42-28-54)77(69,70)62-43-31-56(32-44-62)74-55-29-39-60(40-30-55)76(67,68)59-37-23-52(24-38-59)72-51-21-17-49(18-22-51)64(47-11-7-4-8-12-47)63(46-9-5-3-6-10-46)48-15-19-50(71-2)20-16-48/h3-44H,1-2H3/b64-63-. The van der Waals surface area contributed by atoms with E-state index in [1.165, 1.54) is 109 Å². The largest absolute Gasteiger partial charge is 0.497 e. The van der Waals surface area contributed by atoms with Gasteiger partial charge in [0, 0.05) is 0 Å². The number of rotatable bonds is 17. The average Bonchev–Trinajstić information content (AvgIpc) is 3.46. The summed E-state index contributed by atoms with van der Waals surface area (Å²) >= 11 is 0. The molecular weight excluding hydrogens is 1020 g/mol. The first kappa shape index (κ1) is 51.5. The van der Waals surface area contributed by atoms with Gasteiger partial charge in [0.15, 0.2) is 0 Å². The third-order valence-electron chi connectivity index (χ3n) is 12.6. The molecule has 0 aliphatic heterocycles. The lowest BCUT2D eigenvalue weighted by Crippen LogP contribution is -2.02. The van der Waals surface area contributed by atoms with Crippen LogP contribution in [-0.2, 0) is 29.5 Å². The van der Waals surface area contributed by atoms with Crippen LogP contribution in [0.3, 0.4) is 0 Å². The van der Waals surface area contributed by atoms with Crippen LogP contribution in [0, 0.1) is 6.92 Å². The van der Waals surface area contributed by atoms with Crippen LogP contribution < -0.4 is 18.9 Å². The molecule has 382 valence electrons. The molecule has 0 atom stereocenters. The van der Waals surface area contributed by atoms with Crippen molar-refractivity contribution in [2.24, 2.45) is 0 Å². The highest BCUT2D eigenvalue weighted by atomic mass is 32.2. The van der Waals surface area contributed by atoms with Crippen molar-refractivity contribution in [1.82, 2.24) is 0 Å². The monoisotopic (exact) mass is 1070 g/mol. The fourth-order valence-corrected chi connectivity index (χ4v) is 12.3. The molecular formula is C64H48O10S3. The minimum absolute atomic E-state index is 0.0313. The molecule has 10 nitrogen and oxygen atoms in total. The van der Waals surface area contributed by atoms with Crippen molar-refractivity contribution in [3.8, 4) is 40.2 Å². The Morgan fingerprint density at radius 1 is 0.260 bits per heavy atom. The minimum atomic E-state index is -3.93. The summed E-state index contributed by atoms with van der Waals surface area (Å²) in [5.74, 6) is 3.21. The smallest absolute Gasteiger partial charge is 0.206 e. The third-order valence-corrected chi connectivity index (χ3v) is 18.0. The third kappa shape index (κ3) is 11.5. The van der Waals surface area contributed by atoms with E-state index in [2.05, 4.69) is 36.4 Å². The topological polar surface area (TPSA) is 139 Å². The van der Waals surface area contributed by atoms with Gasteiger partial charge in [-0.25, -0.2) is 25.3 Å². The van der Waals surface area contributed by atoms with Gasteiger partial charge in [0.2, 0.25) is 29.5 Å². The highest BCUT2D eigenvalue weighted by Crippen LogP contribution is 2.39. The molecule has 0 bridgehead atoms. The first-order chi connectivity index (χ1) is 37.2. The van der Waals surface area contributed by atoms with E-state index in [0.29, 0.717) is 34.5 Å². The quantitative estimate of drug-likeness (QED) is 0.0810.